The maximum Gasteiger partial charge on any atom is 0.238 e. The Bertz CT molecular complexity index is 545. The number of nitrogens with two attached hydrogens (primary N) is 1. The van der Waals surface area contributed by atoms with Gasteiger partial charge in [-0.05, 0) is 18.2 Å². The molecular formula is C10H13ClN2O4S. The summed E-state index contributed by atoms with van der Waals surface area (Å²) < 4.78 is 27.4. The zero-order chi connectivity index (χ0) is 13.8. The summed E-state index contributed by atoms with van der Waals surface area (Å²) in [6.07, 6.45) is 0.115. The fourth-order valence-corrected chi connectivity index (χ4v) is 1.97. The molecule has 0 saturated carbocycles. The number of nitrogens with one attached hydrogen (secondary N) is 1. The quantitative estimate of drug-likeness (QED) is 0.788. The molecule has 1 rings (SSSR count). The standard InChI is InChI=1S/C10H13ClN2O4S/c1-17-9-3-2-7(18(12,15)16)6-8(9)13-10(14)4-5-11/h2-3,6H,4-5H2,1H3,(H,13,14)(H2,12,15,16). The van der Waals surface area contributed by atoms with Crippen molar-refractivity contribution >= 4 is 33.2 Å². The molecule has 0 aliphatic rings. The second kappa shape index (κ2) is 6.03. The summed E-state index contributed by atoms with van der Waals surface area (Å²) in [5.41, 5.74) is 0.235. The Morgan fingerprint density at radius 1 is 1.50 bits per heavy atom. The Balaban J connectivity index is 3.11. The van der Waals surface area contributed by atoms with E-state index in [1.165, 1.54) is 25.3 Å². The Morgan fingerprint density at radius 2 is 2.17 bits per heavy atom. The van der Waals surface area contributed by atoms with Gasteiger partial charge < -0.3 is 10.1 Å². The number of benzene rings is 1. The van der Waals surface area contributed by atoms with Gasteiger partial charge in [0.2, 0.25) is 15.9 Å². The molecule has 0 spiro atoms. The van der Waals surface area contributed by atoms with Gasteiger partial charge in [0.05, 0.1) is 17.7 Å². The average Bonchev–Trinajstić information content (AvgIpc) is 2.28. The van der Waals surface area contributed by atoms with Gasteiger partial charge in [0.1, 0.15) is 5.75 Å². The molecule has 6 nitrogen and oxygen atoms in total. The minimum atomic E-state index is -3.83. The van der Waals surface area contributed by atoms with Crippen molar-refractivity contribution < 1.29 is 17.9 Å². The molecule has 0 aliphatic heterocycles. The Hall–Kier alpha value is -1.31. The van der Waals surface area contributed by atoms with Crippen molar-refractivity contribution in [1.82, 2.24) is 0 Å². The third-order valence-corrected chi connectivity index (χ3v) is 3.20. The summed E-state index contributed by atoms with van der Waals surface area (Å²) in [6, 6.07) is 3.95. The van der Waals surface area contributed by atoms with Crippen molar-refractivity contribution in [2.45, 2.75) is 11.3 Å². The molecule has 18 heavy (non-hydrogen) atoms. The normalized spacial score (nSPS) is 11.1. The third kappa shape index (κ3) is 3.86. The topological polar surface area (TPSA) is 98.5 Å². The molecule has 0 unspecified atom stereocenters. The molecule has 0 saturated heterocycles. The Kier molecular flexibility index (Phi) is 4.94. The van der Waals surface area contributed by atoms with Gasteiger partial charge in [-0.25, -0.2) is 13.6 Å². The third-order valence-electron chi connectivity index (χ3n) is 2.10. The highest BCUT2D eigenvalue weighted by molar-refractivity contribution is 7.89. The van der Waals surface area contributed by atoms with Crippen LogP contribution in [0.2, 0.25) is 0 Å². The first-order valence-electron chi connectivity index (χ1n) is 4.95. The summed E-state index contributed by atoms with van der Waals surface area (Å²) in [7, 11) is -2.43. The van der Waals surface area contributed by atoms with Gasteiger partial charge in [-0.1, -0.05) is 0 Å². The number of halogens is 1. The number of hydrogen-bond donors (Lipinski definition) is 2. The molecule has 0 atom stereocenters. The second-order valence-electron chi connectivity index (χ2n) is 3.39. The van der Waals surface area contributed by atoms with Crippen LogP contribution in [0.3, 0.4) is 0 Å². The average molecular weight is 293 g/mol. The lowest BCUT2D eigenvalue weighted by Crippen LogP contribution is -2.15. The van der Waals surface area contributed by atoms with E-state index in [1.54, 1.807) is 0 Å². The molecule has 1 aromatic carbocycles. The van der Waals surface area contributed by atoms with Crippen LogP contribution < -0.4 is 15.2 Å². The molecular weight excluding hydrogens is 280 g/mol. The lowest BCUT2D eigenvalue weighted by atomic mass is 10.3. The zero-order valence-electron chi connectivity index (χ0n) is 9.64. The van der Waals surface area contributed by atoms with E-state index in [1.807, 2.05) is 0 Å². The predicted octanol–water partition coefficient (Wildman–Crippen LogP) is 0.910. The number of sulfonamides is 1. The smallest absolute Gasteiger partial charge is 0.238 e. The summed E-state index contributed by atoms with van der Waals surface area (Å²) in [6.45, 7) is 0. The van der Waals surface area contributed by atoms with Crippen LogP contribution in [0, 0.1) is 0 Å². The van der Waals surface area contributed by atoms with Gasteiger partial charge in [-0.15, -0.1) is 11.6 Å². The molecule has 0 fully saturated rings. The number of methoxy groups -OCH3 is 1. The minimum absolute atomic E-state index is 0.107. The van der Waals surface area contributed by atoms with Crippen LogP contribution in [0.4, 0.5) is 5.69 Å². The van der Waals surface area contributed by atoms with Crippen LogP contribution in [0.15, 0.2) is 23.1 Å². The zero-order valence-corrected chi connectivity index (χ0v) is 11.2. The first-order chi connectivity index (χ1) is 8.38. The van der Waals surface area contributed by atoms with E-state index in [0.717, 1.165) is 0 Å². The van der Waals surface area contributed by atoms with Gasteiger partial charge in [0.15, 0.2) is 0 Å². The maximum atomic E-state index is 11.4. The van der Waals surface area contributed by atoms with Crippen LogP contribution in [-0.4, -0.2) is 27.3 Å². The molecule has 3 N–H and O–H groups in total. The number of primary sulfonamides is 1. The highest BCUT2D eigenvalue weighted by Crippen LogP contribution is 2.27. The molecule has 0 heterocycles. The molecule has 100 valence electrons. The highest BCUT2D eigenvalue weighted by Gasteiger charge is 2.13. The first-order valence-corrected chi connectivity index (χ1v) is 7.03. The van der Waals surface area contributed by atoms with E-state index in [2.05, 4.69) is 5.32 Å². The van der Waals surface area contributed by atoms with Crippen LogP contribution in [0.5, 0.6) is 5.75 Å². The van der Waals surface area contributed by atoms with E-state index < -0.39 is 10.0 Å². The summed E-state index contributed by atoms with van der Waals surface area (Å²) in [5, 5.41) is 7.51. The minimum Gasteiger partial charge on any atom is -0.495 e. The van der Waals surface area contributed by atoms with Crippen molar-refractivity contribution in [3.63, 3.8) is 0 Å². The highest BCUT2D eigenvalue weighted by atomic mass is 35.5. The SMILES string of the molecule is COc1ccc(S(N)(=O)=O)cc1NC(=O)CCCl. The van der Waals surface area contributed by atoms with Gasteiger partial charge in [-0.3, -0.25) is 4.79 Å². The maximum absolute atomic E-state index is 11.4. The number of amides is 1. The molecule has 1 amide bonds. The number of alkyl halides is 1. The van der Waals surface area contributed by atoms with Crippen LogP contribution in [-0.2, 0) is 14.8 Å². The predicted molar refractivity (Wildman–Crippen MR) is 68.3 cm³/mol. The first kappa shape index (κ1) is 14.7. The number of rotatable bonds is 5. The summed E-state index contributed by atoms with van der Waals surface area (Å²) in [5.74, 6) is 0.170. The van der Waals surface area contributed by atoms with Gasteiger partial charge >= 0.3 is 0 Å². The number of hydrogen-bond acceptors (Lipinski definition) is 4. The number of anilines is 1. The van der Waals surface area contributed by atoms with Crippen LogP contribution >= 0.6 is 11.6 Å². The Morgan fingerprint density at radius 3 is 2.67 bits per heavy atom. The van der Waals surface area contributed by atoms with Crippen molar-refractivity contribution in [3.8, 4) is 5.75 Å². The van der Waals surface area contributed by atoms with Gasteiger partial charge in [-0.2, -0.15) is 0 Å². The number of ether oxygens (including phenoxy) is 1. The number of carbonyl (C=O) groups is 1. The summed E-state index contributed by atoms with van der Waals surface area (Å²) >= 11 is 5.43. The van der Waals surface area contributed by atoms with Gasteiger partial charge in [0, 0.05) is 12.3 Å². The van der Waals surface area contributed by atoms with Crippen LogP contribution in [0.25, 0.3) is 0 Å². The van der Waals surface area contributed by atoms with Crippen molar-refractivity contribution in [2.24, 2.45) is 5.14 Å². The van der Waals surface area contributed by atoms with Gasteiger partial charge in [0.25, 0.3) is 0 Å². The fourth-order valence-electron chi connectivity index (χ4n) is 1.26. The fraction of sp³-hybridized carbons (Fsp3) is 0.300. The largest absolute Gasteiger partial charge is 0.495 e. The molecule has 0 bridgehead atoms. The van der Waals surface area contributed by atoms with E-state index in [9.17, 15) is 13.2 Å². The molecule has 0 radical (unpaired) electrons. The molecule has 0 aromatic heterocycles. The Labute approximate surface area is 110 Å². The lowest BCUT2D eigenvalue weighted by Gasteiger charge is -2.11. The summed E-state index contributed by atoms with van der Waals surface area (Å²) in [4.78, 5) is 11.3. The van der Waals surface area contributed by atoms with E-state index in [-0.39, 0.29) is 28.8 Å². The molecule has 8 heteroatoms. The van der Waals surface area contributed by atoms with Crippen molar-refractivity contribution in [3.05, 3.63) is 18.2 Å². The van der Waals surface area contributed by atoms with Crippen LogP contribution in [0.1, 0.15) is 6.42 Å². The monoisotopic (exact) mass is 292 g/mol. The van der Waals surface area contributed by atoms with Crippen molar-refractivity contribution in [1.29, 1.82) is 0 Å². The lowest BCUT2D eigenvalue weighted by molar-refractivity contribution is -0.115. The second-order valence-corrected chi connectivity index (χ2v) is 5.33. The molecule has 0 aliphatic carbocycles. The van der Waals surface area contributed by atoms with Crippen molar-refractivity contribution in [2.75, 3.05) is 18.3 Å². The number of carbonyl (C=O) groups excluding carboxylic acids is 1. The molecule has 1 aromatic rings. The van der Waals surface area contributed by atoms with E-state index in [4.69, 9.17) is 21.5 Å². The van der Waals surface area contributed by atoms with E-state index >= 15 is 0 Å². The van der Waals surface area contributed by atoms with E-state index in [0.29, 0.717) is 5.75 Å².